The van der Waals surface area contributed by atoms with E-state index in [-0.39, 0.29) is 0 Å². The SMILES string of the molecule is CCc1cc2c(Cl)nc(N(C)Cc3ccccc3)nc2s1. The van der Waals surface area contributed by atoms with Crippen LogP contribution < -0.4 is 4.90 Å². The fourth-order valence-corrected chi connectivity index (χ4v) is 3.44. The summed E-state index contributed by atoms with van der Waals surface area (Å²) >= 11 is 8.00. The first-order chi connectivity index (χ1) is 10.2. The van der Waals surface area contributed by atoms with Crippen molar-refractivity contribution < 1.29 is 0 Å². The van der Waals surface area contributed by atoms with Crippen molar-refractivity contribution >= 4 is 39.1 Å². The second-order valence-electron chi connectivity index (χ2n) is 4.94. The topological polar surface area (TPSA) is 29.0 Å². The van der Waals surface area contributed by atoms with E-state index in [1.165, 1.54) is 10.4 Å². The zero-order valence-corrected chi connectivity index (χ0v) is 13.6. The quantitative estimate of drug-likeness (QED) is 0.661. The molecule has 0 aliphatic heterocycles. The summed E-state index contributed by atoms with van der Waals surface area (Å²) in [4.78, 5) is 13.3. The van der Waals surface area contributed by atoms with Crippen molar-refractivity contribution in [2.24, 2.45) is 0 Å². The lowest BCUT2D eigenvalue weighted by molar-refractivity contribution is 0.874. The lowest BCUT2D eigenvalue weighted by Gasteiger charge is -2.17. The Bertz CT molecular complexity index is 755. The van der Waals surface area contributed by atoms with Crippen molar-refractivity contribution in [1.29, 1.82) is 0 Å². The number of rotatable bonds is 4. The van der Waals surface area contributed by atoms with Gasteiger partial charge in [0.2, 0.25) is 5.95 Å². The summed E-state index contributed by atoms with van der Waals surface area (Å²) in [6.45, 7) is 2.89. The van der Waals surface area contributed by atoms with E-state index in [1.807, 2.05) is 30.1 Å². The Labute approximate surface area is 133 Å². The summed E-state index contributed by atoms with van der Waals surface area (Å²) < 4.78 is 0. The molecule has 0 spiro atoms. The average Bonchev–Trinajstić information content (AvgIpc) is 2.92. The van der Waals surface area contributed by atoms with Crippen molar-refractivity contribution in [1.82, 2.24) is 9.97 Å². The molecule has 3 rings (SSSR count). The van der Waals surface area contributed by atoms with Crippen LogP contribution in [0.3, 0.4) is 0 Å². The molecule has 0 fully saturated rings. The summed E-state index contributed by atoms with van der Waals surface area (Å²) in [5.74, 6) is 0.667. The van der Waals surface area contributed by atoms with E-state index < -0.39 is 0 Å². The minimum absolute atomic E-state index is 0.533. The van der Waals surface area contributed by atoms with Gasteiger partial charge in [-0.2, -0.15) is 0 Å². The fraction of sp³-hybridized carbons (Fsp3) is 0.250. The van der Waals surface area contributed by atoms with E-state index in [1.54, 1.807) is 11.3 Å². The second kappa shape index (κ2) is 6.00. The largest absolute Gasteiger partial charge is 0.339 e. The van der Waals surface area contributed by atoms with E-state index in [9.17, 15) is 0 Å². The van der Waals surface area contributed by atoms with Crippen LogP contribution in [0.1, 0.15) is 17.4 Å². The number of fused-ring (bicyclic) bond motifs is 1. The van der Waals surface area contributed by atoms with Gasteiger partial charge in [-0.3, -0.25) is 0 Å². The molecule has 108 valence electrons. The van der Waals surface area contributed by atoms with Crippen molar-refractivity contribution in [3.63, 3.8) is 0 Å². The van der Waals surface area contributed by atoms with Crippen LogP contribution in [0.4, 0.5) is 5.95 Å². The molecule has 0 aliphatic carbocycles. The Morgan fingerprint density at radius 3 is 2.67 bits per heavy atom. The first-order valence-electron chi connectivity index (χ1n) is 6.88. The summed E-state index contributed by atoms with van der Waals surface area (Å²) in [5, 5.41) is 1.49. The Balaban J connectivity index is 1.92. The number of aromatic nitrogens is 2. The number of thiophene rings is 1. The third-order valence-corrected chi connectivity index (χ3v) is 4.80. The minimum atomic E-state index is 0.533. The molecule has 0 bridgehead atoms. The maximum atomic E-state index is 6.31. The molecule has 0 radical (unpaired) electrons. The monoisotopic (exact) mass is 317 g/mol. The standard InChI is InChI=1S/C16H16ClN3S/c1-3-12-9-13-14(17)18-16(19-15(13)21-12)20(2)10-11-7-5-4-6-8-11/h4-9H,3,10H2,1-2H3. The molecule has 0 atom stereocenters. The Hall–Kier alpha value is -1.65. The van der Waals surface area contributed by atoms with Gasteiger partial charge in [0.1, 0.15) is 9.98 Å². The van der Waals surface area contributed by atoms with Gasteiger partial charge in [0.05, 0.1) is 0 Å². The fourth-order valence-electron chi connectivity index (χ4n) is 2.20. The number of halogens is 1. The van der Waals surface area contributed by atoms with Gasteiger partial charge in [-0.25, -0.2) is 9.97 Å². The third-order valence-electron chi connectivity index (χ3n) is 3.34. The first-order valence-corrected chi connectivity index (χ1v) is 8.08. The number of anilines is 1. The van der Waals surface area contributed by atoms with Gasteiger partial charge in [-0.15, -0.1) is 11.3 Å². The van der Waals surface area contributed by atoms with E-state index in [2.05, 4.69) is 35.1 Å². The van der Waals surface area contributed by atoms with E-state index in [4.69, 9.17) is 11.6 Å². The van der Waals surface area contributed by atoms with Crippen LogP contribution in [0.2, 0.25) is 5.15 Å². The molecule has 3 nitrogen and oxygen atoms in total. The molecule has 0 aliphatic rings. The Morgan fingerprint density at radius 1 is 1.19 bits per heavy atom. The summed E-state index contributed by atoms with van der Waals surface area (Å²) in [7, 11) is 1.98. The summed E-state index contributed by atoms with van der Waals surface area (Å²) in [6, 6.07) is 12.4. The minimum Gasteiger partial charge on any atom is -0.339 e. The Kier molecular flexibility index (Phi) is 4.08. The zero-order chi connectivity index (χ0) is 14.8. The number of hydrogen-bond donors (Lipinski definition) is 0. The number of aryl methyl sites for hydroxylation is 1. The van der Waals surface area contributed by atoms with Crippen molar-refractivity contribution in [3.8, 4) is 0 Å². The number of hydrogen-bond acceptors (Lipinski definition) is 4. The van der Waals surface area contributed by atoms with Gasteiger partial charge in [-0.1, -0.05) is 48.9 Å². The van der Waals surface area contributed by atoms with Crippen molar-refractivity contribution in [3.05, 3.63) is 52.0 Å². The van der Waals surface area contributed by atoms with Crippen LogP contribution in [0.5, 0.6) is 0 Å². The van der Waals surface area contributed by atoms with Crippen LogP contribution in [0.15, 0.2) is 36.4 Å². The highest BCUT2D eigenvalue weighted by Gasteiger charge is 2.12. The van der Waals surface area contributed by atoms with E-state index in [0.29, 0.717) is 11.1 Å². The highest BCUT2D eigenvalue weighted by Crippen LogP contribution is 2.30. The average molecular weight is 318 g/mol. The molecule has 2 aromatic heterocycles. The molecular formula is C16H16ClN3S. The number of nitrogens with zero attached hydrogens (tertiary/aromatic N) is 3. The smallest absolute Gasteiger partial charge is 0.228 e. The Morgan fingerprint density at radius 2 is 1.95 bits per heavy atom. The number of benzene rings is 1. The molecular weight excluding hydrogens is 302 g/mol. The summed E-state index contributed by atoms with van der Waals surface area (Å²) in [6.07, 6.45) is 0.993. The maximum absolute atomic E-state index is 6.31. The molecule has 0 saturated carbocycles. The van der Waals surface area contributed by atoms with E-state index in [0.717, 1.165) is 23.2 Å². The first kappa shape index (κ1) is 14.3. The molecule has 21 heavy (non-hydrogen) atoms. The molecule has 0 unspecified atom stereocenters. The highest BCUT2D eigenvalue weighted by atomic mass is 35.5. The van der Waals surface area contributed by atoms with Crippen molar-refractivity contribution in [2.75, 3.05) is 11.9 Å². The van der Waals surface area contributed by atoms with Crippen LogP contribution in [-0.2, 0) is 13.0 Å². The second-order valence-corrected chi connectivity index (χ2v) is 6.41. The van der Waals surface area contributed by atoms with Gasteiger partial charge in [0, 0.05) is 23.9 Å². The molecule has 0 N–H and O–H groups in total. The lowest BCUT2D eigenvalue weighted by Crippen LogP contribution is -2.19. The van der Waals surface area contributed by atoms with Crippen molar-refractivity contribution in [2.45, 2.75) is 19.9 Å². The van der Waals surface area contributed by atoms with Crippen LogP contribution in [0.25, 0.3) is 10.2 Å². The van der Waals surface area contributed by atoms with Gasteiger partial charge in [0.25, 0.3) is 0 Å². The van der Waals surface area contributed by atoms with Crippen LogP contribution >= 0.6 is 22.9 Å². The molecule has 0 amide bonds. The normalized spacial score (nSPS) is 11.0. The van der Waals surface area contributed by atoms with Gasteiger partial charge in [-0.05, 0) is 18.1 Å². The molecule has 1 aromatic carbocycles. The van der Waals surface area contributed by atoms with E-state index >= 15 is 0 Å². The molecule has 5 heteroatoms. The lowest BCUT2D eigenvalue weighted by atomic mass is 10.2. The van der Waals surface area contributed by atoms with Gasteiger partial charge < -0.3 is 4.90 Å². The third kappa shape index (κ3) is 3.01. The van der Waals surface area contributed by atoms with Gasteiger partial charge >= 0.3 is 0 Å². The predicted octanol–water partition coefficient (Wildman–Crippen LogP) is 4.54. The maximum Gasteiger partial charge on any atom is 0.228 e. The zero-order valence-electron chi connectivity index (χ0n) is 12.0. The highest BCUT2D eigenvalue weighted by molar-refractivity contribution is 7.18. The molecule has 3 aromatic rings. The van der Waals surface area contributed by atoms with Crippen LogP contribution in [0, 0.1) is 0 Å². The predicted molar refractivity (Wildman–Crippen MR) is 90.4 cm³/mol. The molecule has 2 heterocycles. The van der Waals surface area contributed by atoms with Gasteiger partial charge in [0.15, 0.2) is 0 Å². The molecule has 0 saturated heterocycles. The van der Waals surface area contributed by atoms with Crippen LogP contribution in [-0.4, -0.2) is 17.0 Å². The summed E-state index contributed by atoms with van der Waals surface area (Å²) in [5.41, 5.74) is 1.22.